The maximum atomic E-state index is 15.4. The van der Waals surface area contributed by atoms with E-state index in [1.807, 2.05) is 43.0 Å². The van der Waals surface area contributed by atoms with E-state index in [9.17, 15) is 8.78 Å². The Hall–Kier alpha value is -3.55. The predicted molar refractivity (Wildman–Crippen MR) is 146 cm³/mol. The highest BCUT2D eigenvalue weighted by Crippen LogP contribution is 2.39. The highest BCUT2D eigenvalue weighted by Gasteiger charge is 2.39. The van der Waals surface area contributed by atoms with Gasteiger partial charge >= 0.3 is 0 Å². The van der Waals surface area contributed by atoms with E-state index in [0.717, 1.165) is 28.4 Å². The number of aryl methyl sites for hydroxylation is 1. The van der Waals surface area contributed by atoms with Crippen LogP contribution >= 0.6 is 0 Å². The van der Waals surface area contributed by atoms with Gasteiger partial charge in [0.15, 0.2) is 0 Å². The lowest BCUT2D eigenvalue weighted by atomic mass is 9.94. The Morgan fingerprint density at radius 1 is 1.16 bits per heavy atom. The fourth-order valence-electron chi connectivity index (χ4n) is 4.15. The second kappa shape index (κ2) is 10.8. The van der Waals surface area contributed by atoms with E-state index in [4.69, 9.17) is 0 Å². The average Bonchev–Trinajstić information content (AvgIpc) is 2.82. The summed E-state index contributed by atoms with van der Waals surface area (Å²) in [5.74, 6) is -4.20. The third kappa shape index (κ3) is 5.73. The second-order valence-electron chi connectivity index (χ2n) is 9.86. The summed E-state index contributed by atoms with van der Waals surface area (Å²) in [5, 5.41) is 3.99. The van der Waals surface area contributed by atoms with E-state index in [1.165, 1.54) is 26.0 Å². The number of hydrogen-bond donors (Lipinski definition) is 1. The van der Waals surface area contributed by atoms with Gasteiger partial charge in [-0.2, -0.15) is 0 Å². The van der Waals surface area contributed by atoms with Crippen molar-refractivity contribution in [1.29, 1.82) is 0 Å². The first-order chi connectivity index (χ1) is 17.3. The molecule has 0 radical (unpaired) electrons. The van der Waals surface area contributed by atoms with Gasteiger partial charge in [-0.3, -0.25) is 0 Å². The highest BCUT2D eigenvalue weighted by molar-refractivity contribution is 5.93. The summed E-state index contributed by atoms with van der Waals surface area (Å²) < 4.78 is 44.8. The first-order valence-electron chi connectivity index (χ1n) is 12.2. The van der Waals surface area contributed by atoms with Crippen LogP contribution in [0.1, 0.15) is 56.3 Å². The molecule has 3 aromatic rings. The van der Waals surface area contributed by atoms with Crippen LogP contribution in [0, 0.1) is 18.7 Å². The molecule has 8 heteroatoms. The maximum Gasteiger partial charge on any atom is 0.278 e. The van der Waals surface area contributed by atoms with Gasteiger partial charge in [0.2, 0.25) is 0 Å². The zero-order valence-corrected chi connectivity index (χ0v) is 22.7. The molecule has 0 aliphatic carbocycles. The van der Waals surface area contributed by atoms with Crippen molar-refractivity contribution in [3.63, 3.8) is 0 Å². The zero-order valence-electron chi connectivity index (χ0n) is 22.7. The fourth-order valence-corrected chi connectivity index (χ4v) is 4.15. The number of nitrogens with one attached hydrogen (secondary N) is 1. The van der Waals surface area contributed by atoms with Crippen molar-refractivity contribution in [1.82, 2.24) is 14.9 Å². The molecule has 1 aromatic heterocycles. The van der Waals surface area contributed by atoms with E-state index in [2.05, 4.69) is 28.4 Å². The van der Waals surface area contributed by atoms with Crippen molar-refractivity contribution in [2.45, 2.75) is 53.1 Å². The molecule has 3 rings (SSSR count). The number of halogens is 3. The summed E-state index contributed by atoms with van der Waals surface area (Å²) in [6, 6.07) is 7.48. The van der Waals surface area contributed by atoms with Gasteiger partial charge in [-0.25, -0.2) is 23.1 Å². The molecule has 0 unspecified atom stereocenters. The maximum absolute atomic E-state index is 15.4. The molecule has 0 saturated carbocycles. The number of nitrogens with zero attached hydrogens (tertiary/aromatic N) is 4. The Balaban J connectivity index is 2.12. The minimum absolute atomic E-state index is 0.144. The van der Waals surface area contributed by atoms with Crippen molar-refractivity contribution >= 4 is 22.4 Å². The van der Waals surface area contributed by atoms with Gasteiger partial charge in [0.25, 0.3) is 5.92 Å². The molecule has 0 spiro atoms. The molecule has 37 heavy (non-hydrogen) atoms. The van der Waals surface area contributed by atoms with Crippen LogP contribution in [-0.4, -0.2) is 29.0 Å². The Morgan fingerprint density at radius 2 is 1.84 bits per heavy atom. The number of alkyl halides is 2. The number of rotatable bonds is 10. The van der Waals surface area contributed by atoms with E-state index in [1.54, 1.807) is 20.0 Å². The topological polar surface area (TPSA) is 44.3 Å². The highest BCUT2D eigenvalue weighted by atomic mass is 19.3. The quantitative estimate of drug-likeness (QED) is 0.305. The summed E-state index contributed by atoms with van der Waals surface area (Å²) in [4.78, 5) is 13.2. The largest absolute Gasteiger partial charge is 0.377 e. The molecule has 1 heterocycles. The lowest BCUT2D eigenvalue weighted by Crippen LogP contribution is -2.24. The molecule has 1 atom stereocenters. The van der Waals surface area contributed by atoms with Crippen LogP contribution in [-0.2, 0) is 12.5 Å². The van der Waals surface area contributed by atoms with Crippen LogP contribution in [0.4, 0.5) is 24.7 Å². The third-order valence-corrected chi connectivity index (χ3v) is 6.61. The first-order valence-corrected chi connectivity index (χ1v) is 12.2. The summed E-state index contributed by atoms with van der Waals surface area (Å²) in [7, 11) is 3.87. The Kier molecular flexibility index (Phi) is 8.20. The molecular weight excluding hydrogens is 475 g/mol. The fraction of sp³-hybridized carbons (Fsp3) is 0.379. The normalized spacial score (nSPS) is 12.5. The van der Waals surface area contributed by atoms with E-state index < -0.39 is 29.3 Å². The molecule has 1 N–H and O–H groups in total. The SMILES string of the molecule is C=CN(C)Cc1cc2nc(C)nc(N[C@H](C)c3cccc(C(F)(F)C(C)C)c3F)c2cc1N(C)C(=C)C. The van der Waals surface area contributed by atoms with Crippen molar-refractivity contribution < 1.29 is 13.2 Å². The molecule has 5 nitrogen and oxygen atoms in total. The Bertz CT molecular complexity index is 1320. The molecule has 198 valence electrons. The minimum Gasteiger partial charge on any atom is -0.377 e. The molecule has 2 aromatic carbocycles. The van der Waals surface area contributed by atoms with Crippen LogP contribution in [0.25, 0.3) is 10.9 Å². The number of hydrogen-bond acceptors (Lipinski definition) is 5. The summed E-state index contributed by atoms with van der Waals surface area (Å²) in [6.45, 7) is 16.7. The number of aromatic nitrogens is 2. The van der Waals surface area contributed by atoms with Gasteiger partial charge in [-0.1, -0.05) is 45.2 Å². The van der Waals surface area contributed by atoms with Gasteiger partial charge in [-0.15, -0.1) is 0 Å². The van der Waals surface area contributed by atoms with E-state index in [0.29, 0.717) is 23.7 Å². The van der Waals surface area contributed by atoms with Gasteiger partial charge < -0.3 is 15.1 Å². The van der Waals surface area contributed by atoms with Gasteiger partial charge in [0.05, 0.1) is 17.1 Å². The van der Waals surface area contributed by atoms with E-state index in [-0.39, 0.29) is 5.56 Å². The second-order valence-corrected chi connectivity index (χ2v) is 9.86. The lowest BCUT2D eigenvalue weighted by Gasteiger charge is -2.26. The molecule has 0 aliphatic heterocycles. The molecule has 0 fully saturated rings. The zero-order chi connectivity index (χ0) is 27.7. The number of anilines is 2. The molecule has 0 aliphatic rings. The Labute approximate surface area is 217 Å². The lowest BCUT2D eigenvalue weighted by molar-refractivity contribution is -0.0545. The van der Waals surface area contributed by atoms with Crippen LogP contribution in [0.3, 0.4) is 0 Å². The van der Waals surface area contributed by atoms with Crippen molar-refractivity contribution in [2.24, 2.45) is 5.92 Å². The first kappa shape index (κ1) is 28.0. The Morgan fingerprint density at radius 3 is 2.43 bits per heavy atom. The number of allylic oxidation sites excluding steroid dienone is 1. The van der Waals surface area contributed by atoms with Crippen LogP contribution in [0.15, 0.2) is 55.4 Å². The van der Waals surface area contributed by atoms with Crippen LogP contribution in [0.5, 0.6) is 0 Å². The van der Waals surface area contributed by atoms with Crippen LogP contribution < -0.4 is 10.2 Å². The predicted octanol–water partition coefficient (Wildman–Crippen LogP) is 7.54. The minimum atomic E-state index is -3.28. The van der Waals surface area contributed by atoms with Crippen LogP contribution in [0.2, 0.25) is 0 Å². The average molecular weight is 512 g/mol. The number of benzene rings is 2. The van der Waals surface area contributed by atoms with Crippen molar-refractivity contribution in [3.8, 4) is 0 Å². The standard InChI is InChI=1S/C29H36F3N5/c1-10-36(8)16-21-14-25-23(15-26(21)37(9)18(4)5)28(35-20(7)34-25)33-19(6)22-12-11-13-24(27(22)30)29(31,32)17(2)3/h10-15,17,19H,1,4,16H2,2-3,5-9H3,(H,33,34,35)/t19-/m1/s1. The smallest absolute Gasteiger partial charge is 0.278 e. The van der Waals surface area contributed by atoms with Gasteiger partial charge in [-0.05, 0) is 44.7 Å². The number of fused-ring (bicyclic) bond motifs is 1. The summed E-state index contributed by atoms with van der Waals surface area (Å²) >= 11 is 0. The molecular formula is C29H36F3N5. The van der Waals surface area contributed by atoms with E-state index >= 15 is 4.39 Å². The molecule has 0 amide bonds. The molecule has 0 bridgehead atoms. The van der Waals surface area contributed by atoms with Crippen molar-refractivity contribution in [2.75, 3.05) is 24.3 Å². The van der Waals surface area contributed by atoms with Gasteiger partial charge in [0.1, 0.15) is 17.5 Å². The summed E-state index contributed by atoms with van der Waals surface area (Å²) in [6.07, 6.45) is 1.75. The third-order valence-electron chi connectivity index (χ3n) is 6.61. The van der Waals surface area contributed by atoms with Crippen molar-refractivity contribution in [3.05, 3.63) is 83.7 Å². The molecule has 0 saturated heterocycles. The summed E-state index contributed by atoms with van der Waals surface area (Å²) in [5.41, 5.74) is 3.05. The monoisotopic (exact) mass is 511 g/mol. The van der Waals surface area contributed by atoms with Gasteiger partial charge in [0, 0.05) is 48.9 Å².